The summed E-state index contributed by atoms with van der Waals surface area (Å²) in [5.41, 5.74) is 1.28. The van der Waals surface area contributed by atoms with E-state index in [2.05, 4.69) is 0 Å². The standard InChI is InChI=1S/C31H26ClNO3/c1-30(2,3)29(36)26-25(19-12-15-20(32)16-13-19)31(27(34)21-9-5-6-10-22(21)28(31)35)24-17-14-18-8-4-7-11-23(18)33(24)26/h4-17,24-26H,1-3H3/t24-,25-,26-/m1/s1. The summed E-state index contributed by atoms with van der Waals surface area (Å²) in [5.74, 6) is -1.13. The SMILES string of the molecule is CC(C)(C)C(=O)[C@H]1[C@@H](c2ccc(Cl)cc2)C2(C(=O)c3ccccc3C2=O)[C@H]2C=Cc3ccccc3N12. The summed E-state index contributed by atoms with van der Waals surface area (Å²) >= 11 is 6.24. The Balaban J connectivity index is 1.70. The summed E-state index contributed by atoms with van der Waals surface area (Å²) in [6.45, 7) is 5.69. The van der Waals surface area contributed by atoms with Gasteiger partial charge in [-0.05, 0) is 29.3 Å². The zero-order valence-electron chi connectivity index (χ0n) is 20.4. The maximum absolute atomic E-state index is 14.4. The van der Waals surface area contributed by atoms with Crippen molar-refractivity contribution in [3.63, 3.8) is 0 Å². The molecule has 3 aliphatic rings. The molecular weight excluding hydrogens is 470 g/mol. The lowest BCUT2D eigenvalue weighted by Crippen LogP contribution is -2.49. The molecule has 180 valence electrons. The van der Waals surface area contributed by atoms with Gasteiger partial charge in [0.1, 0.15) is 5.41 Å². The van der Waals surface area contributed by atoms with E-state index in [1.807, 2.05) is 74.2 Å². The molecule has 5 heteroatoms. The van der Waals surface area contributed by atoms with Gasteiger partial charge in [0.2, 0.25) is 0 Å². The van der Waals surface area contributed by atoms with Gasteiger partial charge in [0.25, 0.3) is 0 Å². The fourth-order valence-electron chi connectivity index (χ4n) is 6.40. The van der Waals surface area contributed by atoms with E-state index in [1.165, 1.54) is 0 Å². The van der Waals surface area contributed by atoms with Crippen LogP contribution in [-0.4, -0.2) is 29.4 Å². The quantitative estimate of drug-likeness (QED) is 0.386. The van der Waals surface area contributed by atoms with E-state index >= 15 is 0 Å². The number of fused-ring (bicyclic) bond motifs is 5. The summed E-state index contributed by atoms with van der Waals surface area (Å²) in [6, 6.07) is 20.8. The second-order valence-corrected chi connectivity index (χ2v) is 11.4. The van der Waals surface area contributed by atoms with Crippen LogP contribution in [0.3, 0.4) is 0 Å². The highest BCUT2D eigenvalue weighted by Crippen LogP contribution is 2.61. The van der Waals surface area contributed by atoms with Crippen molar-refractivity contribution >= 4 is 40.7 Å². The summed E-state index contributed by atoms with van der Waals surface area (Å²) in [5, 5.41) is 0.555. The Hall–Kier alpha value is -3.50. The molecule has 0 saturated carbocycles. The molecule has 0 unspecified atom stereocenters. The number of hydrogen-bond acceptors (Lipinski definition) is 4. The number of ketones is 3. The molecule has 2 aliphatic heterocycles. The summed E-state index contributed by atoms with van der Waals surface area (Å²) in [6.07, 6.45) is 3.92. The Labute approximate surface area is 215 Å². The van der Waals surface area contributed by atoms with Crippen LogP contribution in [0.25, 0.3) is 6.08 Å². The minimum absolute atomic E-state index is 0.00835. The molecule has 2 heterocycles. The number of benzene rings is 3. The van der Waals surface area contributed by atoms with Crippen molar-refractivity contribution in [3.05, 3.63) is 106 Å². The number of anilines is 1. The zero-order chi connectivity index (χ0) is 25.4. The van der Waals surface area contributed by atoms with Crippen molar-refractivity contribution in [3.8, 4) is 0 Å². The van der Waals surface area contributed by atoms with E-state index in [1.54, 1.807) is 36.4 Å². The number of rotatable bonds is 2. The largest absolute Gasteiger partial charge is 0.352 e. The topological polar surface area (TPSA) is 54.5 Å². The fraction of sp³-hybridized carbons (Fsp3) is 0.258. The van der Waals surface area contributed by atoms with Crippen molar-refractivity contribution < 1.29 is 14.4 Å². The summed E-state index contributed by atoms with van der Waals surface area (Å²) < 4.78 is 0. The van der Waals surface area contributed by atoms with Crippen LogP contribution in [0.15, 0.2) is 78.9 Å². The lowest BCUT2D eigenvalue weighted by molar-refractivity contribution is -0.127. The van der Waals surface area contributed by atoms with Gasteiger partial charge in [0, 0.05) is 33.2 Å². The van der Waals surface area contributed by atoms with E-state index in [0.717, 1.165) is 16.8 Å². The van der Waals surface area contributed by atoms with Crippen molar-refractivity contribution in [1.82, 2.24) is 0 Å². The third kappa shape index (κ3) is 2.91. The zero-order valence-corrected chi connectivity index (χ0v) is 21.1. The van der Waals surface area contributed by atoms with Crippen LogP contribution >= 0.6 is 11.6 Å². The molecule has 3 aromatic carbocycles. The predicted molar refractivity (Wildman–Crippen MR) is 142 cm³/mol. The predicted octanol–water partition coefficient (Wildman–Crippen LogP) is 6.39. The van der Waals surface area contributed by atoms with Gasteiger partial charge in [-0.1, -0.05) is 99.1 Å². The first kappa shape index (κ1) is 22.9. The molecule has 6 rings (SSSR count). The van der Waals surface area contributed by atoms with Gasteiger partial charge in [-0.3, -0.25) is 14.4 Å². The van der Waals surface area contributed by atoms with Crippen LogP contribution in [0.1, 0.15) is 58.5 Å². The molecule has 1 saturated heterocycles. The monoisotopic (exact) mass is 495 g/mol. The van der Waals surface area contributed by atoms with Crippen molar-refractivity contribution in [2.45, 2.75) is 38.8 Å². The van der Waals surface area contributed by atoms with Crippen LogP contribution in [0.2, 0.25) is 5.02 Å². The smallest absolute Gasteiger partial charge is 0.180 e. The maximum atomic E-state index is 14.4. The van der Waals surface area contributed by atoms with E-state index < -0.39 is 28.8 Å². The third-order valence-corrected chi connectivity index (χ3v) is 8.20. The van der Waals surface area contributed by atoms with E-state index in [4.69, 9.17) is 11.6 Å². The molecule has 0 aromatic heterocycles. The summed E-state index contributed by atoms with van der Waals surface area (Å²) in [4.78, 5) is 45.2. The van der Waals surface area contributed by atoms with E-state index in [9.17, 15) is 14.4 Å². The highest BCUT2D eigenvalue weighted by Gasteiger charge is 2.71. The van der Waals surface area contributed by atoms with Crippen molar-refractivity contribution in [2.75, 3.05) is 4.90 Å². The van der Waals surface area contributed by atoms with Crippen LogP contribution in [0, 0.1) is 10.8 Å². The van der Waals surface area contributed by atoms with Gasteiger partial charge in [0.15, 0.2) is 17.3 Å². The number of Topliss-reactive ketones (excluding diaryl/α,β-unsaturated/α-hetero) is 3. The highest BCUT2D eigenvalue weighted by molar-refractivity contribution is 6.32. The maximum Gasteiger partial charge on any atom is 0.180 e. The molecule has 1 fully saturated rings. The molecule has 1 aliphatic carbocycles. The molecule has 3 atom stereocenters. The van der Waals surface area contributed by atoms with Gasteiger partial charge >= 0.3 is 0 Å². The van der Waals surface area contributed by atoms with Crippen LogP contribution in [-0.2, 0) is 4.79 Å². The lowest BCUT2D eigenvalue weighted by atomic mass is 9.63. The minimum Gasteiger partial charge on any atom is -0.352 e. The van der Waals surface area contributed by atoms with Gasteiger partial charge < -0.3 is 4.90 Å². The van der Waals surface area contributed by atoms with Crippen molar-refractivity contribution in [2.24, 2.45) is 10.8 Å². The first-order valence-electron chi connectivity index (χ1n) is 12.2. The number of nitrogens with zero attached hydrogens (tertiary/aromatic N) is 1. The lowest BCUT2D eigenvalue weighted by Gasteiger charge is -2.38. The molecule has 4 nitrogen and oxygen atoms in total. The van der Waals surface area contributed by atoms with Gasteiger partial charge in [-0.25, -0.2) is 0 Å². The van der Waals surface area contributed by atoms with Crippen LogP contribution in [0.5, 0.6) is 0 Å². The van der Waals surface area contributed by atoms with E-state index in [-0.39, 0.29) is 17.3 Å². The molecule has 36 heavy (non-hydrogen) atoms. The van der Waals surface area contributed by atoms with Gasteiger partial charge in [0.05, 0.1) is 12.1 Å². The van der Waals surface area contributed by atoms with Crippen molar-refractivity contribution in [1.29, 1.82) is 0 Å². The molecule has 0 amide bonds. The number of carbonyl (C=O) groups excluding carboxylic acids is 3. The Bertz CT molecular complexity index is 1430. The highest BCUT2D eigenvalue weighted by atomic mass is 35.5. The number of para-hydroxylation sites is 1. The Morgan fingerprint density at radius 3 is 2.06 bits per heavy atom. The Morgan fingerprint density at radius 2 is 1.44 bits per heavy atom. The third-order valence-electron chi connectivity index (χ3n) is 7.95. The average molecular weight is 496 g/mol. The summed E-state index contributed by atoms with van der Waals surface area (Å²) in [7, 11) is 0. The average Bonchev–Trinajstić information content (AvgIpc) is 3.30. The minimum atomic E-state index is -1.47. The Morgan fingerprint density at radius 1 is 0.861 bits per heavy atom. The second-order valence-electron chi connectivity index (χ2n) is 10.9. The number of carbonyl (C=O) groups is 3. The first-order chi connectivity index (χ1) is 17.2. The Kier molecular flexibility index (Phi) is 4.94. The second kappa shape index (κ2) is 7.75. The number of hydrogen-bond donors (Lipinski definition) is 0. The number of halogens is 1. The first-order valence-corrected chi connectivity index (χ1v) is 12.6. The van der Waals surface area contributed by atoms with Crippen LogP contribution in [0.4, 0.5) is 5.69 Å². The van der Waals surface area contributed by atoms with Gasteiger partial charge in [-0.15, -0.1) is 0 Å². The molecule has 0 bridgehead atoms. The molecular formula is C31H26ClNO3. The molecule has 0 N–H and O–H groups in total. The fourth-order valence-corrected chi connectivity index (χ4v) is 6.53. The van der Waals surface area contributed by atoms with Gasteiger partial charge in [-0.2, -0.15) is 0 Å². The molecule has 3 aromatic rings. The molecule has 0 radical (unpaired) electrons. The molecule has 1 spiro atoms. The normalized spacial score (nSPS) is 23.6. The van der Waals surface area contributed by atoms with Crippen LogP contribution < -0.4 is 4.90 Å². The van der Waals surface area contributed by atoms with E-state index in [0.29, 0.717) is 16.1 Å².